The Morgan fingerprint density at radius 1 is 1.27 bits per heavy atom. The van der Waals surface area contributed by atoms with Gasteiger partial charge in [-0.1, -0.05) is 20.8 Å². The van der Waals surface area contributed by atoms with Crippen molar-refractivity contribution in [1.29, 1.82) is 0 Å². The van der Waals surface area contributed by atoms with Gasteiger partial charge in [0, 0.05) is 12.6 Å². The number of ether oxygens (including phenoxy) is 1. The third-order valence-electron chi connectivity index (χ3n) is 5.32. The summed E-state index contributed by atoms with van der Waals surface area (Å²) in [5.74, 6) is 0. The average Bonchev–Trinajstić information content (AvgIpc) is 2.77. The van der Waals surface area contributed by atoms with Crippen LogP contribution in [0.1, 0.15) is 60.8 Å². The molecule has 1 saturated heterocycles. The number of nitrogens with two attached hydrogens (primary N) is 1. The Morgan fingerprint density at radius 3 is 2.31 bits per heavy atom. The molecule has 1 heterocycles. The SMILES string of the molecule is CC(C)(C)OC(=O)N1C[C@H](O[Si](C)(C)C(C)(C)C)C[C@H]1C[C@@H](O)CCN. The minimum Gasteiger partial charge on any atom is -0.444 e. The Kier molecular flexibility index (Phi) is 7.73. The van der Waals surface area contributed by atoms with Crippen LogP contribution in [0.5, 0.6) is 0 Å². The fourth-order valence-corrected chi connectivity index (χ4v) is 4.30. The number of amides is 1. The van der Waals surface area contributed by atoms with Gasteiger partial charge in [0.2, 0.25) is 0 Å². The zero-order valence-corrected chi connectivity index (χ0v) is 19.0. The highest BCUT2D eigenvalue weighted by Gasteiger charge is 2.44. The number of aliphatic hydroxyl groups excluding tert-OH is 1. The molecule has 0 aromatic carbocycles. The van der Waals surface area contributed by atoms with Crippen LogP contribution < -0.4 is 5.73 Å². The summed E-state index contributed by atoms with van der Waals surface area (Å²) in [6.07, 6.45) is 0.914. The van der Waals surface area contributed by atoms with E-state index >= 15 is 0 Å². The zero-order chi connectivity index (χ0) is 20.3. The molecule has 3 atom stereocenters. The van der Waals surface area contributed by atoms with E-state index in [1.165, 1.54) is 0 Å². The fraction of sp³-hybridized carbons (Fsp3) is 0.947. The first kappa shape index (κ1) is 23.4. The van der Waals surface area contributed by atoms with Crippen LogP contribution in [0.15, 0.2) is 0 Å². The van der Waals surface area contributed by atoms with Crippen LogP contribution in [0.2, 0.25) is 18.1 Å². The predicted octanol–water partition coefficient (Wildman–Crippen LogP) is 3.49. The van der Waals surface area contributed by atoms with Gasteiger partial charge in [-0.05, 0) is 64.7 Å². The van der Waals surface area contributed by atoms with Crippen molar-refractivity contribution in [3.63, 3.8) is 0 Å². The number of rotatable bonds is 6. The normalized spacial score (nSPS) is 23.2. The minimum absolute atomic E-state index is 0.0153. The first-order chi connectivity index (χ1) is 11.7. The molecule has 0 spiro atoms. The van der Waals surface area contributed by atoms with Crippen LogP contribution in [0.25, 0.3) is 0 Å². The summed E-state index contributed by atoms with van der Waals surface area (Å²) in [6.45, 7) is 17.6. The summed E-state index contributed by atoms with van der Waals surface area (Å²) in [6, 6.07) is -0.0823. The molecule has 0 saturated carbocycles. The Hall–Kier alpha value is -0.633. The average molecular weight is 389 g/mol. The Balaban J connectivity index is 2.88. The van der Waals surface area contributed by atoms with Crippen molar-refractivity contribution < 1.29 is 19.1 Å². The minimum atomic E-state index is -1.93. The van der Waals surface area contributed by atoms with Crippen LogP contribution in [0, 0.1) is 0 Å². The monoisotopic (exact) mass is 388 g/mol. The summed E-state index contributed by atoms with van der Waals surface area (Å²) < 4.78 is 12.1. The summed E-state index contributed by atoms with van der Waals surface area (Å²) in [5, 5.41) is 10.3. The van der Waals surface area contributed by atoms with Gasteiger partial charge >= 0.3 is 6.09 Å². The van der Waals surface area contributed by atoms with Crippen molar-refractivity contribution in [1.82, 2.24) is 4.90 Å². The van der Waals surface area contributed by atoms with Gasteiger partial charge in [-0.25, -0.2) is 4.79 Å². The van der Waals surface area contributed by atoms with Crippen LogP contribution in [0.3, 0.4) is 0 Å². The highest BCUT2D eigenvalue weighted by molar-refractivity contribution is 6.74. The van der Waals surface area contributed by atoms with Gasteiger partial charge in [0.05, 0.1) is 12.2 Å². The first-order valence-corrected chi connectivity index (χ1v) is 12.6. The molecule has 154 valence electrons. The van der Waals surface area contributed by atoms with Gasteiger partial charge in [0.25, 0.3) is 0 Å². The second-order valence-corrected chi connectivity index (χ2v) is 14.7. The highest BCUT2D eigenvalue weighted by atomic mass is 28.4. The van der Waals surface area contributed by atoms with E-state index in [9.17, 15) is 9.90 Å². The van der Waals surface area contributed by atoms with Crippen LogP contribution in [0.4, 0.5) is 4.79 Å². The van der Waals surface area contributed by atoms with Crippen LogP contribution >= 0.6 is 0 Å². The van der Waals surface area contributed by atoms with Crippen molar-refractivity contribution in [2.24, 2.45) is 5.73 Å². The molecule has 0 bridgehead atoms. The highest BCUT2D eigenvalue weighted by Crippen LogP contribution is 2.39. The molecule has 26 heavy (non-hydrogen) atoms. The maximum Gasteiger partial charge on any atom is 0.410 e. The number of aliphatic hydroxyl groups is 1. The maximum atomic E-state index is 12.7. The molecule has 7 heteroatoms. The van der Waals surface area contributed by atoms with E-state index in [-0.39, 0.29) is 23.3 Å². The van der Waals surface area contributed by atoms with Gasteiger partial charge in [-0.2, -0.15) is 0 Å². The van der Waals surface area contributed by atoms with E-state index in [4.69, 9.17) is 14.9 Å². The van der Waals surface area contributed by atoms with Gasteiger partial charge in [0.1, 0.15) is 5.60 Å². The lowest BCUT2D eigenvalue weighted by Gasteiger charge is -2.38. The molecular weight excluding hydrogens is 348 g/mol. The molecule has 0 unspecified atom stereocenters. The fourth-order valence-electron chi connectivity index (χ4n) is 2.94. The second kappa shape index (κ2) is 8.58. The van der Waals surface area contributed by atoms with Gasteiger partial charge in [-0.15, -0.1) is 0 Å². The van der Waals surface area contributed by atoms with Crippen molar-refractivity contribution in [2.75, 3.05) is 13.1 Å². The van der Waals surface area contributed by atoms with Crippen molar-refractivity contribution >= 4 is 14.4 Å². The lowest BCUT2D eigenvalue weighted by molar-refractivity contribution is 0.0165. The van der Waals surface area contributed by atoms with Gasteiger partial charge < -0.3 is 24.9 Å². The van der Waals surface area contributed by atoms with Gasteiger partial charge in [0.15, 0.2) is 8.32 Å². The standard InChI is InChI=1S/C19H40N2O4Si/c1-18(2,3)24-17(23)21-13-16(25-26(7,8)19(4,5)6)12-14(21)11-15(22)9-10-20/h14-16,22H,9-13,20H2,1-8H3/t14-,15+,16-/m1/s1. The molecule has 0 aromatic heterocycles. The van der Waals surface area contributed by atoms with E-state index in [1.54, 1.807) is 4.90 Å². The molecular formula is C19H40N2O4Si. The van der Waals surface area contributed by atoms with E-state index in [1.807, 2.05) is 20.8 Å². The van der Waals surface area contributed by atoms with E-state index < -0.39 is 20.0 Å². The number of hydrogen-bond donors (Lipinski definition) is 2. The van der Waals surface area contributed by atoms with Crippen molar-refractivity contribution in [2.45, 2.75) is 103 Å². The van der Waals surface area contributed by atoms with Crippen LogP contribution in [-0.4, -0.2) is 61.4 Å². The number of carbonyl (C=O) groups excluding carboxylic acids is 1. The number of hydrogen-bond acceptors (Lipinski definition) is 5. The number of carbonyl (C=O) groups is 1. The third-order valence-corrected chi connectivity index (χ3v) is 9.85. The number of likely N-dealkylation sites (tertiary alicyclic amines) is 1. The molecule has 0 aromatic rings. The summed E-state index contributed by atoms with van der Waals surface area (Å²) in [4.78, 5) is 14.4. The Bertz CT molecular complexity index is 471. The van der Waals surface area contributed by atoms with Crippen molar-refractivity contribution in [3.8, 4) is 0 Å². The molecule has 1 amide bonds. The van der Waals surface area contributed by atoms with E-state index in [0.29, 0.717) is 25.9 Å². The molecule has 1 fully saturated rings. The first-order valence-electron chi connectivity index (χ1n) is 9.72. The number of nitrogens with zero attached hydrogens (tertiary/aromatic N) is 1. The molecule has 1 rings (SSSR count). The molecule has 1 aliphatic rings. The molecule has 1 aliphatic heterocycles. The summed E-state index contributed by atoms with van der Waals surface area (Å²) in [5.41, 5.74) is 5.01. The molecule has 6 nitrogen and oxygen atoms in total. The van der Waals surface area contributed by atoms with Crippen LogP contribution in [-0.2, 0) is 9.16 Å². The molecule has 3 N–H and O–H groups in total. The zero-order valence-electron chi connectivity index (χ0n) is 18.0. The predicted molar refractivity (Wildman–Crippen MR) is 108 cm³/mol. The third kappa shape index (κ3) is 6.83. The lowest BCUT2D eigenvalue weighted by Crippen LogP contribution is -2.45. The summed E-state index contributed by atoms with van der Waals surface area (Å²) >= 11 is 0. The van der Waals surface area contributed by atoms with Gasteiger partial charge in [-0.3, -0.25) is 0 Å². The van der Waals surface area contributed by atoms with E-state index in [0.717, 1.165) is 6.42 Å². The lowest BCUT2D eigenvalue weighted by atomic mass is 10.0. The largest absolute Gasteiger partial charge is 0.444 e. The molecule has 0 radical (unpaired) electrons. The smallest absolute Gasteiger partial charge is 0.410 e. The van der Waals surface area contributed by atoms with E-state index in [2.05, 4.69) is 33.9 Å². The second-order valence-electron chi connectivity index (χ2n) is 9.99. The Labute approximate surface area is 160 Å². The maximum absolute atomic E-state index is 12.7. The molecule has 0 aliphatic carbocycles. The van der Waals surface area contributed by atoms with Crippen molar-refractivity contribution in [3.05, 3.63) is 0 Å². The Morgan fingerprint density at radius 2 is 1.85 bits per heavy atom. The quantitative estimate of drug-likeness (QED) is 0.680. The summed E-state index contributed by atoms with van der Waals surface area (Å²) in [7, 11) is -1.93. The topological polar surface area (TPSA) is 85.0 Å².